The Bertz CT molecular complexity index is 562. The van der Waals surface area contributed by atoms with E-state index in [4.69, 9.17) is 0 Å². The molecule has 1 nitrogen and oxygen atoms in total. The first-order valence-corrected chi connectivity index (χ1v) is 7.64. The van der Waals surface area contributed by atoms with Crippen LogP contribution >= 0.6 is 12.6 Å². The minimum atomic E-state index is 0.746. The van der Waals surface area contributed by atoms with Crippen LogP contribution in [0.25, 0.3) is 0 Å². The molecule has 2 heteroatoms. The molecule has 0 saturated heterocycles. The molecule has 0 fully saturated rings. The summed E-state index contributed by atoms with van der Waals surface area (Å²) in [5.74, 6) is 0. The van der Waals surface area contributed by atoms with Crippen LogP contribution in [0.3, 0.4) is 0 Å². The zero-order chi connectivity index (χ0) is 15.8. The maximum absolute atomic E-state index is 4.29. The van der Waals surface area contributed by atoms with Crippen LogP contribution in [0.2, 0.25) is 0 Å². The molecule has 0 heterocycles. The molecule has 0 aromatic heterocycles. The van der Waals surface area contributed by atoms with Crippen molar-refractivity contribution in [2.75, 3.05) is 11.9 Å². The van der Waals surface area contributed by atoms with E-state index in [-0.39, 0.29) is 0 Å². The molecule has 0 aliphatic heterocycles. The maximum atomic E-state index is 4.29. The van der Waals surface area contributed by atoms with E-state index in [1.807, 2.05) is 37.3 Å². The summed E-state index contributed by atoms with van der Waals surface area (Å²) in [6.07, 6.45) is 5.11. The quantitative estimate of drug-likeness (QED) is 0.479. The zero-order valence-electron chi connectivity index (χ0n) is 13.2. The summed E-state index contributed by atoms with van der Waals surface area (Å²) in [7, 11) is 0. The van der Waals surface area contributed by atoms with Crippen molar-refractivity contribution in [3.63, 3.8) is 0 Å². The summed E-state index contributed by atoms with van der Waals surface area (Å²) in [6, 6.07) is 8.01. The van der Waals surface area contributed by atoms with E-state index in [0.717, 1.165) is 29.1 Å². The number of thiol groups is 1. The van der Waals surface area contributed by atoms with Gasteiger partial charge >= 0.3 is 0 Å². The second kappa shape index (κ2) is 8.58. The van der Waals surface area contributed by atoms with Gasteiger partial charge in [-0.2, -0.15) is 0 Å². The van der Waals surface area contributed by atoms with Crippen LogP contribution in [0, 0.1) is 0 Å². The van der Waals surface area contributed by atoms with Gasteiger partial charge in [0.1, 0.15) is 0 Å². The molecule has 0 atom stereocenters. The first-order valence-electron chi connectivity index (χ1n) is 7.19. The second-order valence-electron chi connectivity index (χ2n) is 5.14. The fourth-order valence-corrected chi connectivity index (χ4v) is 2.00. The summed E-state index contributed by atoms with van der Waals surface area (Å²) in [5.41, 5.74) is 5.85. The Morgan fingerprint density at radius 2 is 1.86 bits per heavy atom. The molecule has 0 aliphatic carbocycles. The molecule has 1 N–H and O–H groups in total. The van der Waals surface area contributed by atoms with Gasteiger partial charge in [0.2, 0.25) is 0 Å². The van der Waals surface area contributed by atoms with Crippen LogP contribution in [0.15, 0.2) is 76.8 Å². The molecule has 0 saturated carbocycles. The van der Waals surface area contributed by atoms with Crippen molar-refractivity contribution in [2.45, 2.75) is 32.1 Å². The lowest BCUT2D eigenvalue weighted by molar-refractivity contribution is 1.08. The number of hydrogen-bond donors (Lipinski definition) is 2. The van der Waals surface area contributed by atoms with Crippen molar-refractivity contribution in [3.05, 3.63) is 71.9 Å². The molecular weight excluding hydrogens is 274 g/mol. The molecule has 0 unspecified atom stereocenters. The van der Waals surface area contributed by atoms with E-state index in [9.17, 15) is 0 Å². The maximum Gasteiger partial charge on any atom is 0.0403 e. The summed E-state index contributed by atoms with van der Waals surface area (Å²) in [5, 5.41) is 3.42. The van der Waals surface area contributed by atoms with Gasteiger partial charge in [0.25, 0.3) is 0 Å². The third-order valence-corrected chi connectivity index (χ3v) is 3.77. The van der Waals surface area contributed by atoms with Crippen LogP contribution < -0.4 is 5.32 Å². The first kappa shape index (κ1) is 17.4. The number of nitrogens with one attached hydrogen (secondary N) is 1. The highest BCUT2D eigenvalue weighted by Crippen LogP contribution is 2.18. The fraction of sp³-hybridized carbons (Fsp3) is 0.263. The smallest absolute Gasteiger partial charge is 0.0403 e. The van der Waals surface area contributed by atoms with E-state index in [2.05, 4.69) is 51.0 Å². The molecule has 1 aromatic carbocycles. The van der Waals surface area contributed by atoms with Gasteiger partial charge in [-0.1, -0.05) is 37.3 Å². The van der Waals surface area contributed by atoms with Gasteiger partial charge in [0.05, 0.1) is 0 Å². The zero-order valence-corrected chi connectivity index (χ0v) is 14.1. The number of benzene rings is 1. The van der Waals surface area contributed by atoms with Gasteiger partial charge in [0, 0.05) is 17.1 Å². The number of hydrogen-bond acceptors (Lipinski definition) is 2. The van der Waals surface area contributed by atoms with Gasteiger partial charge in [-0.25, -0.2) is 0 Å². The van der Waals surface area contributed by atoms with E-state index in [1.165, 1.54) is 16.7 Å². The molecule has 1 rings (SSSR count). The predicted molar refractivity (Wildman–Crippen MR) is 98.3 cm³/mol. The summed E-state index contributed by atoms with van der Waals surface area (Å²) in [6.45, 7) is 15.1. The average Bonchev–Trinajstić information content (AvgIpc) is 2.48. The molecule has 0 aliphatic rings. The topological polar surface area (TPSA) is 12.0 Å². The Morgan fingerprint density at radius 3 is 2.33 bits per heavy atom. The van der Waals surface area contributed by atoms with E-state index < -0.39 is 0 Å². The highest BCUT2D eigenvalue weighted by molar-refractivity contribution is 7.80. The lowest BCUT2D eigenvalue weighted by atomic mass is 10.0. The van der Waals surface area contributed by atoms with Crippen LogP contribution in [0.5, 0.6) is 0 Å². The minimum Gasteiger partial charge on any atom is -0.381 e. The molecule has 0 radical (unpaired) electrons. The Hall–Kier alpha value is -1.67. The Kier molecular flexibility index (Phi) is 7.10. The first-order chi connectivity index (χ1) is 9.97. The number of allylic oxidation sites excluding steroid dienone is 4. The van der Waals surface area contributed by atoms with Crippen molar-refractivity contribution in [1.29, 1.82) is 0 Å². The van der Waals surface area contributed by atoms with E-state index in [0.29, 0.717) is 0 Å². The van der Waals surface area contributed by atoms with Gasteiger partial charge < -0.3 is 5.32 Å². The third kappa shape index (κ3) is 5.68. The molecular formula is C19H25NS. The largest absolute Gasteiger partial charge is 0.381 e. The molecule has 0 spiro atoms. The molecule has 112 valence electrons. The highest BCUT2D eigenvalue weighted by Gasteiger charge is 2.02. The third-order valence-electron chi connectivity index (χ3n) is 3.47. The predicted octanol–water partition coefficient (Wildman–Crippen LogP) is 5.80. The molecule has 1 aromatic rings. The summed E-state index contributed by atoms with van der Waals surface area (Å²) >= 11 is 4.29. The van der Waals surface area contributed by atoms with Crippen LogP contribution in [-0.2, 0) is 0 Å². The summed E-state index contributed by atoms with van der Waals surface area (Å²) in [4.78, 5) is 0.965. The van der Waals surface area contributed by atoms with Gasteiger partial charge in [-0.05, 0) is 61.8 Å². The van der Waals surface area contributed by atoms with E-state index >= 15 is 0 Å². The number of rotatable bonds is 7. The lowest BCUT2D eigenvalue weighted by Gasteiger charge is -2.12. The van der Waals surface area contributed by atoms with Crippen molar-refractivity contribution >= 4 is 18.3 Å². The van der Waals surface area contributed by atoms with E-state index in [1.54, 1.807) is 0 Å². The Labute approximate surface area is 134 Å². The highest BCUT2D eigenvalue weighted by atomic mass is 32.1. The van der Waals surface area contributed by atoms with Crippen molar-refractivity contribution < 1.29 is 0 Å². The Balaban J connectivity index is 2.90. The van der Waals surface area contributed by atoms with Gasteiger partial charge in [-0.3, -0.25) is 0 Å². The monoisotopic (exact) mass is 299 g/mol. The normalized spacial score (nSPS) is 12.7. The molecule has 0 bridgehead atoms. The molecule has 21 heavy (non-hydrogen) atoms. The van der Waals surface area contributed by atoms with Gasteiger partial charge in [0.15, 0.2) is 0 Å². The van der Waals surface area contributed by atoms with Crippen molar-refractivity contribution in [3.8, 4) is 0 Å². The minimum absolute atomic E-state index is 0.746. The van der Waals surface area contributed by atoms with Crippen molar-refractivity contribution in [1.82, 2.24) is 0 Å². The Morgan fingerprint density at radius 1 is 1.24 bits per heavy atom. The lowest BCUT2D eigenvalue weighted by Crippen LogP contribution is -2.06. The standard InChI is InChI=1S/C19H25NS/c1-6-15(5)16(7-2)12-17(14(3)4)13-20-18-8-10-19(21)11-9-18/h7-12,20-21H,2-3,6,13H2,1,4-5H3/b16-15+,17-12+. The van der Waals surface area contributed by atoms with Gasteiger partial charge in [-0.15, -0.1) is 12.6 Å². The fourth-order valence-electron chi connectivity index (χ4n) is 1.85. The average molecular weight is 299 g/mol. The van der Waals surface area contributed by atoms with Crippen LogP contribution in [0.4, 0.5) is 5.69 Å². The van der Waals surface area contributed by atoms with Crippen LogP contribution in [-0.4, -0.2) is 6.54 Å². The van der Waals surface area contributed by atoms with Crippen LogP contribution in [0.1, 0.15) is 27.2 Å². The number of anilines is 1. The SMILES string of the molecule is C=CC(/C=C(\CNc1ccc(S)cc1)C(=C)C)=C(/C)CC. The van der Waals surface area contributed by atoms with Crippen molar-refractivity contribution in [2.24, 2.45) is 0 Å². The summed E-state index contributed by atoms with van der Waals surface area (Å²) < 4.78 is 0. The molecule has 0 amide bonds. The second-order valence-corrected chi connectivity index (χ2v) is 5.66.